The Morgan fingerprint density at radius 2 is 1.63 bits per heavy atom. The highest BCUT2D eigenvalue weighted by Crippen LogP contribution is 2.27. The number of carbonyl (C=O) groups is 1. The van der Waals surface area contributed by atoms with Crippen LogP contribution in [0.1, 0.15) is 28.7 Å². The van der Waals surface area contributed by atoms with Gasteiger partial charge in [-0.2, -0.15) is 0 Å². The molecule has 3 aliphatic rings. The summed E-state index contributed by atoms with van der Waals surface area (Å²) in [5.74, 6) is 0.503. The molecule has 2 aliphatic heterocycles. The van der Waals surface area contributed by atoms with Crippen LogP contribution in [0.5, 0.6) is 0 Å². The van der Waals surface area contributed by atoms with E-state index in [0.29, 0.717) is 19.6 Å². The highest BCUT2D eigenvalue weighted by atomic mass is 32.2. The molecule has 2 aromatic rings. The van der Waals surface area contributed by atoms with Crippen LogP contribution in [0.15, 0.2) is 42.5 Å². The van der Waals surface area contributed by atoms with E-state index >= 15 is 0 Å². The zero-order valence-corrected chi connectivity index (χ0v) is 21.0. The number of carbonyl (C=O) groups excluding carboxylic acids is 1. The molecule has 0 bridgehead atoms. The third-order valence-corrected chi connectivity index (χ3v) is 9.33. The maximum Gasteiger partial charge on any atom is 0.237 e. The first-order valence-electron chi connectivity index (χ1n) is 12.6. The number of rotatable bonds is 6. The molecule has 0 aromatic heterocycles. The normalized spacial score (nSPS) is 23.3. The second kappa shape index (κ2) is 10.4. The van der Waals surface area contributed by atoms with Gasteiger partial charge >= 0.3 is 0 Å². The third kappa shape index (κ3) is 6.11. The van der Waals surface area contributed by atoms with E-state index in [0.717, 1.165) is 57.4 Å². The molecule has 35 heavy (non-hydrogen) atoms. The van der Waals surface area contributed by atoms with Gasteiger partial charge in [0.15, 0.2) is 9.84 Å². The van der Waals surface area contributed by atoms with E-state index in [1.165, 1.54) is 28.8 Å². The Balaban J connectivity index is 1.12. The molecule has 2 heterocycles. The lowest BCUT2D eigenvalue weighted by Crippen LogP contribution is -2.55. The first-order chi connectivity index (χ1) is 16.8. The molecule has 2 saturated heterocycles. The Morgan fingerprint density at radius 3 is 2.37 bits per heavy atom. The van der Waals surface area contributed by atoms with Gasteiger partial charge in [-0.15, -0.1) is 0 Å². The Morgan fingerprint density at radius 1 is 0.886 bits per heavy atom. The first-order valence-corrected chi connectivity index (χ1v) is 14.5. The molecular weight excluding hydrogens is 465 g/mol. The van der Waals surface area contributed by atoms with Crippen molar-refractivity contribution < 1.29 is 17.6 Å². The summed E-state index contributed by atoms with van der Waals surface area (Å²) in [7, 11) is -2.85. The fraction of sp³-hybridized carbons (Fsp3) is 0.519. The van der Waals surface area contributed by atoms with Crippen molar-refractivity contribution in [3.8, 4) is 0 Å². The number of hydrogen-bond donors (Lipinski definition) is 0. The largest absolute Gasteiger partial charge is 0.337 e. The van der Waals surface area contributed by atoms with Crippen LogP contribution in [-0.4, -0.2) is 85.8 Å². The third-order valence-electron chi connectivity index (χ3n) is 7.72. The fourth-order valence-electron chi connectivity index (χ4n) is 5.57. The summed E-state index contributed by atoms with van der Waals surface area (Å²) in [5.41, 5.74) is 5.04. The van der Waals surface area contributed by atoms with Gasteiger partial charge in [0.25, 0.3) is 0 Å². The van der Waals surface area contributed by atoms with Gasteiger partial charge in [-0.1, -0.05) is 30.3 Å². The molecule has 2 aromatic carbocycles. The Bertz CT molecular complexity index is 1150. The lowest BCUT2D eigenvalue weighted by molar-refractivity contribution is -0.138. The molecule has 0 spiro atoms. The molecule has 1 aliphatic carbocycles. The van der Waals surface area contributed by atoms with Gasteiger partial charge in [-0.3, -0.25) is 14.6 Å². The average Bonchev–Trinajstić information content (AvgIpc) is 2.85. The number of fused-ring (bicyclic) bond motifs is 1. The van der Waals surface area contributed by atoms with Gasteiger partial charge in [0, 0.05) is 45.3 Å². The minimum atomic E-state index is -2.85. The Kier molecular flexibility index (Phi) is 7.23. The van der Waals surface area contributed by atoms with Crippen LogP contribution < -0.4 is 0 Å². The summed E-state index contributed by atoms with van der Waals surface area (Å²) in [4.78, 5) is 19.5. The molecule has 2 fully saturated rings. The van der Waals surface area contributed by atoms with Crippen molar-refractivity contribution in [1.29, 1.82) is 0 Å². The van der Waals surface area contributed by atoms with Crippen molar-refractivity contribution in [2.45, 2.75) is 38.3 Å². The van der Waals surface area contributed by atoms with E-state index in [-0.39, 0.29) is 29.3 Å². The first kappa shape index (κ1) is 24.4. The summed E-state index contributed by atoms with van der Waals surface area (Å²) >= 11 is 0. The van der Waals surface area contributed by atoms with Gasteiger partial charge in [-0.05, 0) is 60.1 Å². The zero-order chi connectivity index (χ0) is 24.4. The molecule has 5 rings (SSSR count). The summed E-state index contributed by atoms with van der Waals surface area (Å²) < 4.78 is 36.5. The molecule has 0 unspecified atom stereocenters. The summed E-state index contributed by atoms with van der Waals surface area (Å²) in [6.45, 7) is 4.92. The molecule has 0 N–H and O–H groups in total. The van der Waals surface area contributed by atoms with Gasteiger partial charge < -0.3 is 4.90 Å². The SMILES string of the molecule is O=C1CN(CCc2ccc(F)cc2)CCN1[C@H]1CCc2cc(CN3CCS(=O)(=O)CC3)ccc2C1. The van der Waals surface area contributed by atoms with Gasteiger partial charge in [0.1, 0.15) is 5.82 Å². The van der Waals surface area contributed by atoms with Crippen molar-refractivity contribution in [1.82, 2.24) is 14.7 Å². The van der Waals surface area contributed by atoms with Crippen LogP contribution in [0.4, 0.5) is 4.39 Å². The second-order valence-corrected chi connectivity index (χ2v) is 12.5. The predicted octanol–water partition coefficient (Wildman–Crippen LogP) is 2.30. The Labute approximate surface area is 207 Å². The molecule has 0 radical (unpaired) electrons. The van der Waals surface area contributed by atoms with E-state index < -0.39 is 9.84 Å². The number of sulfone groups is 1. The molecule has 1 amide bonds. The number of piperazine rings is 1. The van der Waals surface area contributed by atoms with E-state index in [9.17, 15) is 17.6 Å². The standard InChI is InChI=1S/C27H34FN3O3S/c28-25-6-2-21(3-7-25)9-10-29-11-12-31(27(32)20-29)26-8-5-23-17-22(1-4-24(23)18-26)19-30-13-15-35(33,34)16-14-30/h1-4,6-7,17,26H,5,8-16,18-20H2/t26-/m0/s1. The van der Waals surface area contributed by atoms with Crippen LogP contribution in [-0.2, 0) is 40.4 Å². The van der Waals surface area contributed by atoms with Gasteiger partial charge in [0.05, 0.1) is 18.1 Å². The molecule has 1 atom stereocenters. The lowest BCUT2D eigenvalue weighted by Gasteiger charge is -2.41. The van der Waals surface area contributed by atoms with Crippen molar-refractivity contribution in [2.75, 3.05) is 50.8 Å². The van der Waals surface area contributed by atoms with Crippen molar-refractivity contribution in [3.63, 3.8) is 0 Å². The number of nitrogens with zero attached hydrogens (tertiary/aromatic N) is 3. The van der Waals surface area contributed by atoms with Gasteiger partial charge in [-0.25, -0.2) is 12.8 Å². The Hall–Kier alpha value is -2.29. The molecule has 8 heteroatoms. The number of benzene rings is 2. The van der Waals surface area contributed by atoms with Crippen LogP contribution in [0.2, 0.25) is 0 Å². The van der Waals surface area contributed by atoms with E-state index in [2.05, 4.69) is 32.9 Å². The molecule has 0 saturated carbocycles. The maximum absolute atomic E-state index is 13.1. The second-order valence-electron chi connectivity index (χ2n) is 10.2. The summed E-state index contributed by atoms with van der Waals surface area (Å²) in [6.07, 6.45) is 3.68. The van der Waals surface area contributed by atoms with Crippen LogP contribution in [0.3, 0.4) is 0 Å². The zero-order valence-electron chi connectivity index (χ0n) is 20.2. The van der Waals surface area contributed by atoms with Crippen molar-refractivity contribution in [2.24, 2.45) is 0 Å². The minimum Gasteiger partial charge on any atom is -0.337 e. The molecule has 6 nitrogen and oxygen atoms in total. The van der Waals surface area contributed by atoms with Crippen LogP contribution in [0.25, 0.3) is 0 Å². The smallest absolute Gasteiger partial charge is 0.237 e. The quantitative estimate of drug-likeness (QED) is 0.611. The predicted molar refractivity (Wildman–Crippen MR) is 134 cm³/mol. The topological polar surface area (TPSA) is 60.9 Å². The average molecular weight is 500 g/mol. The highest BCUT2D eigenvalue weighted by molar-refractivity contribution is 7.91. The highest BCUT2D eigenvalue weighted by Gasteiger charge is 2.32. The number of amides is 1. The van der Waals surface area contributed by atoms with Crippen LogP contribution in [0, 0.1) is 5.82 Å². The van der Waals surface area contributed by atoms with Crippen molar-refractivity contribution >= 4 is 15.7 Å². The molecule has 188 valence electrons. The summed E-state index contributed by atoms with van der Waals surface area (Å²) in [6, 6.07) is 13.5. The number of hydrogen-bond acceptors (Lipinski definition) is 5. The monoisotopic (exact) mass is 499 g/mol. The van der Waals surface area contributed by atoms with E-state index in [4.69, 9.17) is 0 Å². The number of halogens is 1. The van der Waals surface area contributed by atoms with Crippen LogP contribution >= 0.6 is 0 Å². The molecular formula is C27H34FN3O3S. The van der Waals surface area contributed by atoms with Crippen molar-refractivity contribution in [3.05, 3.63) is 70.5 Å². The maximum atomic E-state index is 13.1. The lowest BCUT2D eigenvalue weighted by atomic mass is 9.86. The fourth-order valence-corrected chi connectivity index (χ4v) is 6.85. The minimum absolute atomic E-state index is 0.209. The summed E-state index contributed by atoms with van der Waals surface area (Å²) in [5, 5.41) is 0. The van der Waals surface area contributed by atoms with Gasteiger partial charge in [0.2, 0.25) is 5.91 Å². The van der Waals surface area contributed by atoms with E-state index in [1.807, 2.05) is 12.1 Å². The number of aryl methyl sites for hydroxylation is 1. The van der Waals surface area contributed by atoms with E-state index in [1.54, 1.807) is 0 Å².